The first-order chi connectivity index (χ1) is 9.59. The molecule has 1 saturated heterocycles. The van der Waals surface area contributed by atoms with Crippen LogP contribution in [0.3, 0.4) is 0 Å². The molecular weight excluding hydrogens is 358 g/mol. The molecule has 6 heteroatoms. The van der Waals surface area contributed by atoms with Gasteiger partial charge in [0.1, 0.15) is 0 Å². The monoisotopic (exact) mass is 371 g/mol. The Balaban J connectivity index is 1.96. The highest BCUT2D eigenvalue weighted by molar-refractivity contribution is 9.10. The molecule has 0 N–H and O–H groups in total. The van der Waals surface area contributed by atoms with Crippen LogP contribution in [0.2, 0.25) is 0 Å². The molecule has 0 amide bonds. The van der Waals surface area contributed by atoms with Crippen LogP contribution in [0, 0.1) is 0 Å². The Morgan fingerprint density at radius 1 is 1.20 bits per heavy atom. The summed E-state index contributed by atoms with van der Waals surface area (Å²) in [6.07, 6.45) is 1.81. The van der Waals surface area contributed by atoms with Crippen molar-refractivity contribution in [1.82, 2.24) is 4.31 Å². The minimum Gasteiger partial charge on any atom is -0.207 e. The molecular formula is C14H14BrNO2S2. The van der Waals surface area contributed by atoms with Gasteiger partial charge in [-0.2, -0.15) is 4.31 Å². The molecule has 1 aromatic carbocycles. The average Bonchev–Trinajstić information content (AvgIpc) is 3.10. The van der Waals surface area contributed by atoms with Gasteiger partial charge < -0.3 is 0 Å². The highest BCUT2D eigenvalue weighted by atomic mass is 79.9. The molecule has 0 aliphatic carbocycles. The Morgan fingerprint density at radius 3 is 2.60 bits per heavy atom. The molecule has 0 spiro atoms. The van der Waals surface area contributed by atoms with Crippen molar-refractivity contribution in [2.45, 2.75) is 23.8 Å². The van der Waals surface area contributed by atoms with Gasteiger partial charge in [0, 0.05) is 15.9 Å². The zero-order valence-corrected chi connectivity index (χ0v) is 13.9. The Labute approximate surface area is 131 Å². The topological polar surface area (TPSA) is 37.4 Å². The van der Waals surface area contributed by atoms with Gasteiger partial charge in [0.2, 0.25) is 10.0 Å². The van der Waals surface area contributed by atoms with E-state index in [4.69, 9.17) is 0 Å². The first kappa shape index (κ1) is 14.3. The SMILES string of the molecule is O=S(=O)(c1ccc(Br)cc1)N1CCC[C@@H]1c1cccs1. The fourth-order valence-corrected chi connectivity index (χ4v) is 5.41. The minimum atomic E-state index is -3.41. The lowest BCUT2D eigenvalue weighted by Gasteiger charge is -2.23. The number of halogens is 1. The van der Waals surface area contributed by atoms with Crippen molar-refractivity contribution in [3.63, 3.8) is 0 Å². The molecule has 20 heavy (non-hydrogen) atoms. The predicted octanol–water partition coefficient (Wildman–Crippen LogP) is 4.04. The largest absolute Gasteiger partial charge is 0.243 e. The van der Waals surface area contributed by atoms with Crippen LogP contribution in [-0.4, -0.2) is 19.3 Å². The summed E-state index contributed by atoms with van der Waals surface area (Å²) < 4.78 is 28.1. The lowest BCUT2D eigenvalue weighted by Crippen LogP contribution is -2.30. The van der Waals surface area contributed by atoms with Crippen molar-refractivity contribution in [3.8, 4) is 0 Å². The molecule has 1 atom stereocenters. The molecule has 1 aliphatic rings. The number of sulfonamides is 1. The summed E-state index contributed by atoms with van der Waals surface area (Å²) in [5, 5.41) is 2.00. The van der Waals surface area contributed by atoms with Crippen LogP contribution in [0.1, 0.15) is 23.8 Å². The second-order valence-corrected chi connectivity index (χ2v) is 8.53. The van der Waals surface area contributed by atoms with E-state index in [-0.39, 0.29) is 6.04 Å². The van der Waals surface area contributed by atoms with Gasteiger partial charge in [0.05, 0.1) is 10.9 Å². The zero-order valence-electron chi connectivity index (χ0n) is 10.7. The summed E-state index contributed by atoms with van der Waals surface area (Å²) in [5.74, 6) is 0. The molecule has 1 fully saturated rings. The quantitative estimate of drug-likeness (QED) is 0.816. The number of benzene rings is 1. The van der Waals surface area contributed by atoms with Gasteiger partial charge in [-0.25, -0.2) is 8.42 Å². The van der Waals surface area contributed by atoms with Crippen molar-refractivity contribution >= 4 is 37.3 Å². The summed E-state index contributed by atoms with van der Waals surface area (Å²) in [7, 11) is -3.41. The summed E-state index contributed by atoms with van der Waals surface area (Å²) in [6, 6.07) is 10.8. The molecule has 0 saturated carbocycles. The maximum absolute atomic E-state index is 12.8. The van der Waals surface area contributed by atoms with Crippen LogP contribution >= 0.6 is 27.3 Å². The van der Waals surface area contributed by atoms with Gasteiger partial charge >= 0.3 is 0 Å². The van der Waals surface area contributed by atoms with Gasteiger partial charge in [-0.05, 0) is 48.6 Å². The molecule has 2 heterocycles. The first-order valence-corrected chi connectivity index (χ1v) is 9.51. The van der Waals surface area contributed by atoms with Gasteiger partial charge in [0.15, 0.2) is 0 Å². The summed E-state index contributed by atoms with van der Waals surface area (Å²) >= 11 is 4.96. The molecule has 106 valence electrons. The van der Waals surface area contributed by atoms with Crippen LogP contribution in [0.15, 0.2) is 51.1 Å². The maximum atomic E-state index is 12.8. The van der Waals surface area contributed by atoms with Crippen molar-refractivity contribution in [1.29, 1.82) is 0 Å². The molecule has 0 radical (unpaired) electrons. The lowest BCUT2D eigenvalue weighted by molar-refractivity contribution is 0.401. The van der Waals surface area contributed by atoms with Crippen LogP contribution < -0.4 is 0 Å². The summed E-state index contributed by atoms with van der Waals surface area (Å²) in [4.78, 5) is 1.49. The normalized spacial score (nSPS) is 20.4. The molecule has 0 unspecified atom stereocenters. The highest BCUT2D eigenvalue weighted by Crippen LogP contribution is 2.38. The third-order valence-corrected chi connectivity index (χ3v) is 6.92. The van der Waals surface area contributed by atoms with Crippen LogP contribution in [0.5, 0.6) is 0 Å². The van der Waals surface area contributed by atoms with Crippen LogP contribution in [0.25, 0.3) is 0 Å². The van der Waals surface area contributed by atoms with Crippen molar-refractivity contribution in [3.05, 3.63) is 51.1 Å². The fourth-order valence-electron chi connectivity index (χ4n) is 2.54. The smallest absolute Gasteiger partial charge is 0.207 e. The number of thiophene rings is 1. The highest BCUT2D eigenvalue weighted by Gasteiger charge is 2.36. The number of rotatable bonds is 3. The Morgan fingerprint density at radius 2 is 1.95 bits per heavy atom. The third-order valence-electron chi connectivity index (χ3n) is 3.50. The van der Waals surface area contributed by atoms with E-state index in [2.05, 4.69) is 15.9 Å². The molecule has 3 rings (SSSR count). The summed E-state index contributed by atoms with van der Waals surface area (Å²) in [5.41, 5.74) is 0. The molecule has 3 nitrogen and oxygen atoms in total. The van der Waals surface area contributed by atoms with E-state index in [1.807, 2.05) is 17.5 Å². The predicted molar refractivity (Wildman–Crippen MR) is 84.3 cm³/mol. The second-order valence-electron chi connectivity index (χ2n) is 4.74. The van der Waals surface area contributed by atoms with Gasteiger partial charge in [-0.3, -0.25) is 0 Å². The van der Waals surface area contributed by atoms with Crippen LogP contribution in [-0.2, 0) is 10.0 Å². The number of hydrogen-bond donors (Lipinski definition) is 0. The average molecular weight is 372 g/mol. The van der Waals surface area contributed by atoms with Crippen molar-refractivity contribution in [2.24, 2.45) is 0 Å². The van der Waals surface area contributed by atoms with Gasteiger partial charge in [-0.1, -0.05) is 22.0 Å². The van der Waals surface area contributed by atoms with E-state index in [9.17, 15) is 8.42 Å². The number of nitrogens with zero attached hydrogens (tertiary/aromatic N) is 1. The van der Waals surface area contributed by atoms with E-state index in [0.29, 0.717) is 11.4 Å². The Hall–Kier alpha value is -0.690. The van der Waals surface area contributed by atoms with Gasteiger partial charge in [-0.15, -0.1) is 11.3 Å². The lowest BCUT2D eigenvalue weighted by atomic mass is 10.2. The molecule has 1 aromatic heterocycles. The third kappa shape index (κ3) is 2.57. The molecule has 1 aliphatic heterocycles. The molecule has 2 aromatic rings. The van der Waals surface area contributed by atoms with Crippen LogP contribution in [0.4, 0.5) is 0 Å². The summed E-state index contributed by atoms with van der Waals surface area (Å²) in [6.45, 7) is 0.598. The standard InChI is InChI=1S/C14H14BrNO2S2/c15-11-5-7-12(8-6-11)20(17,18)16-9-1-3-13(16)14-4-2-10-19-14/h2,4-8,10,13H,1,3,9H2/t13-/m1/s1. The van der Waals surface area contributed by atoms with Crippen molar-refractivity contribution in [2.75, 3.05) is 6.54 Å². The van der Waals surface area contributed by atoms with E-state index < -0.39 is 10.0 Å². The van der Waals surface area contributed by atoms with Gasteiger partial charge in [0.25, 0.3) is 0 Å². The minimum absolute atomic E-state index is 0.0105. The zero-order chi connectivity index (χ0) is 14.2. The Bertz CT molecular complexity index is 680. The first-order valence-electron chi connectivity index (χ1n) is 6.40. The van der Waals surface area contributed by atoms with Crippen molar-refractivity contribution < 1.29 is 8.42 Å². The molecule has 0 bridgehead atoms. The number of hydrogen-bond acceptors (Lipinski definition) is 3. The fraction of sp³-hybridized carbons (Fsp3) is 0.286. The maximum Gasteiger partial charge on any atom is 0.243 e. The van der Waals surface area contributed by atoms with E-state index in [1.54, 1.807) is 39.9 Å². The second kappa shape index (κ2) is 5.60. The van der Waals surface area contributed by atoms with E-state index in [1.165, 1.54) is 0 Å². The van der Waals surface area contributed by atoms with E-state index >= 15 is 0 Å². The Kier molecular flexibility index (Phi) is 3.99. The van der Waals surface area contributed by atoms with E-state index in [0.717, 1.165) is 22.2 Å².